The molecule has 0 bridgehead atoms. The maximum Gasteiger partial charge on any atom is 0.230 e. The fraction of sp³-hybridized carbons (Fsp3) is 0.348. The van der Waals surface area contributed by atoms with Gasteiger partial charge in [0.25, 0.3) is 0 Å². The van der Waals surface area contributed by atoms with E-state index in [2.05, 4.69) is 27.6 Å². The first-order valence-corrected chi connectivity index (χ1v) is 11.5. The second-order valence-electron chi connectivity index (χ2n) is 7.41. The fourth-order valence-electron chi connectivity index (χ4n) is 3.21. The van der Waals surface area contributed by atoms with Gasteiger partial charge >= 0.3 is 0 Å². The molecular formula is C23H27ClN4O2S. The number of aryl methyl sites for hydroxylation is 2. The molecule has 0 aliphatic carbocycles. The first kappa shape index (κ1) is 23.2. The zero-order chi connectivity index (χ0) is 22.4. The number of carbonyl (C=O) groups is 1. The van der Waals surface area contributed by atoms with E-state index in [0.717, 1.165) is 28.3 Å². The third-order valence-corrected chi connectivity index (χ3v) is 6.48. The predicted molar refractivity (Wildman–Crippen MR) is 125 cm³/mol. The highest BCUT2D eigenvalue weighted by atomic mass is 35.5. The first-order valence-electron chi connectivity index (χ1n) is 10.1. The van der Waals surface area contributed by atoms with Gasteiger partial charge in [-0.05, 0) is 56.0 Å². The topological polar surface area (TPSA) is 69.0 Å². The van der Waals surface area contributed by atoms with Crippen molar-refractivity contribution in [2.45, 2.75) is 38.5 Å². The number of halogens is 1. The van der Waals surface area contributed by atoms with Gasteiger partial charge in [-0.15, -0.1) is 10.2 Å². The minimum Gasteiger partial charge on any atom is -0.483 e. The van der Waals surface area contributed by atoms with E-state index in [9.17, 15) is 4.79 Å². The van der Waals surface area contributed by atoms with E-state index in [1.54, 1.807) is 0 Å². The first-order chi connectivity index (χ1) is 14.8. The van der Waals surface area contributed by atoms with Gasteiger partial charge < -0.3 is 14.6 Å². The van der Waals surface area contributed by atoms with Crippen LogP contribution in [0.15, 0.2) is 47.6 Å². The number of benzene rings is 2. The van der Waals surface area contributed by atoms with E-state index in [-0.39, 0.29) is 17.8 Å². The van der Waals surface area contributed by atoms with Crippen LogP contribution in [0.3, 0.4) is 0 Å². The van der Waals surface area contributed by atoms with Crippen LogP contribution >= 0.6 is 23.4 Å². The number of nitrogens with zero attached hydrogens (tertiary/aromatic N) is 3. The molecule has 0 saturated heterocycles. The molecule has 1 aromatic heterocycles. The highest BCUT2D eigenvalue weighted by Gasteiger charge is 2.18. The largest absolute Gasteiger partial charge is 0.483 e. The standard InChI is InChI=1S/C23H27ClN4O2S/c1-15-12-19(13-16(2)21(15)24)30-17(3)22-26-27-23(28(22)4)31-14-20(29)25-11-10-18-8-6-5-7-9-18/h5-9,12-13,17H,10-11,14H2,1-4H3,(H,25,29). The maximum absolute atomic E-state index is 12.2. The smallest absolute Gasteiger partial charge is 0.230 e. The summed E-state index contributed by atoms with van der Waals surface area (Å²) in [7, 11) is 1.88. The van der Waals surface area contributed by atoms with Crippen LogP contribution in [0.1, 0.15) is 35.5 Å². The van der Waals surface area contributed by atoms with E-state index in [1.165, 1.54) is 17.3 Å². The van der Waals surface area contributed by atoms with Gasteiger partial charge in [0.1, 0.15) is 5.75 Å². The molecule has 0 aliphatic heterocycles. The summed E-state index contributed by atoms with van der Waals surface area (Å²) < 4.78 is 7.92. The fourth-order valence-corrected chi connectivity index (χ4v) is 4.07. The predicted octanol–water partition coefficient (Wildman–Crippen LogP) is 4.68. The van der Waals surface area contributed by atoms with Crippen molar-refractivity contribution in [1.29, 1.82) is 0 Å². The molecule has 3 rings (SSSR count). The van der Waals surface area contributed by atoms with Crippen molar-refractivity contribution in [3.63, 3.8) is 0 Å². The van der Waals surface area contributed by atoms with Crippen LogP contribution in [0, 0.1) is 13.8 Å². The van der Waals surface area contributed by atoms with Crippen LogP contribution < -0.4 is 10.1 Å². The number of aromatic nitrogens is 3. The molecule has 1 unspecified atom stereocenters. The van der Waals surface area contributed by atoms with Crippen molar-refractivity contribution >= 4 is 29.3 Å². The molecule has 164 valence electrons. The molecule has 1 atom stereocenters. The summed E-state index contributed by atoms with van der Waals surface area (Å²) in [5.41, 5.74) is 3.14. The Labute approximate surface area is 192 Å². The van der Waals surface area contributed by atoms with Crippen LogP contribution in [0.5, 0.6) is 5.75 Å². The molecule has 2 aromatic carbocycles. The molecule has 0 saturated carbocycles. The Morgan fingerprint density at radius 1 is 1.19 bits per heavy atom. The van der Waals surface area contributed by atoms with Crippen molar-refractivity contribution in [1.82, 2.24) is 20.1 Å². The summed E-state index contributed by atoms with van der Waals surface area (Å²) >= 11 is 7.59. The molecule has 1 heterocycles. The Balaban J connectivity index is 1.51. The van der Waals surface area contributed by atoms with Crippen LogP contribution in [0.4, 0.5) is 0 Å². The molecule has 31 heavy (non-hydrogen) atoms. The minimum atomic E-state index is -0.300. The second kappa shape index (κ2) is 10.7. The SMILES string of the molecule is Cc1cc(OC(C)c2nnc(SCC(=O)NCCc3ccccc3)n2C)cc(C)c1Cl. The van der Waals surface area contributed by atoms with E-state index in [1.807, 2.05) is 62.7 Å². The van der Waals surface area contributed by atoms with Gasteiger partial charge in [-0.1, -0.05) is 53.7 Å². The molecule has 0 spiro atoms. The maximum atomic E-state index is 12.2. The molecule has 3 aromatic rings. The normalized spacial score (nSPS) is 11.9. The quantitative estimate of drug-likeness (QED) is 0.471. The average molecular weight is 459 g/mol. The molecule has 8 heteroatoms. The van der Waals surface area contributed by atoms with Crippen molar-refractivity contribution in [2.24, 2.45) is 7.05 Å². The van der Waals surface area contributed by atoms with Crippen LogP contribution in [0.25, 0.3) is 0 Å². The monoisotopic (exact) mass is 458 g/mol. The van der Waals surface area contributed by atoms with Crippen LogP contribution in [0.2, 0.25) is 5.02 Å². The number of thioether (sulfide) groups is 1. The number of amides is 1. The summed E-state index contributed by atoms with van der Waals surface area (Å²) in [4.78, 5) is 12.2. The zero-order valence-corrected chi connectivity index (χ0v) is 19.8. The average Bonchev–Trinajstić information content (AvgIpc) is 3.11. The van der Waals surface area contributed by atoms with Gasteiger partial charge in [-0.3, -0.25) is 4.79 Å². The summed E-state index contributed by atoms with van der Waals surface area (Å²) in [6.45, 7) is 6.44. The van der Waals surface area contributed by atoms with Crippen molar-refractivity contribution in [3.05, 3.63) is 70.0 Å². The van der Waals surface area contributed by atoms with E-state index >= 15 is 0 Å². The molecule has 0 radical (unpaired) electrons. The Hall–Kier alpha value is -2.51. The lowest BCUT2D eigenvalue weighted by atomic mass is 10.1. The van der Waals surface area contributed by atoms with Gasteiger partial charge in [0.15, 0.2) is 17.1 Å². The van der Waals surface area contributed by atoms with Gasteiger partial charge in [0, 0.05) is 18.6 Å². The lowest BCUT2D eigenvalue weighted by Crippen LogP contribution is -2.27. The van der Waals surface area contributed by atoms with Crippen LogP contribution in [-0.4, -0.2) is 33.0 Å². The molecule has 0 fully saturated rings. The Morgan fingerprint density at radius 2 is 1.87 bits per heavy atom. The van der Waals surface area contributed by atoms with Crippen molar-refractivity contribution < 1.29 is 9.53 Å². The summed E-state index contributed by atoms with van der Waals surface area (Å²) in [6.07, 6.45) is 0.510. The third kappa shape index (κ3) is 6.24. The van der Waals surface area contributed by atoms with Gasteiger partial charge in [-0.2, -0.15) is 0 Å². The minimum absolute atomic E-state index is 0.0260. The number of nitrogens with one attached hydrogen (secondary N) is 1. The Bertz CT molecular complexity index is 1020. The molecular weight excluding hydrogens is 432 g/mol. The van der Waals surface area contributed by atoms with Crippen LogP contribution in [-0.2, 0) is 18.3 Å². The number of hydrogen-bond donors (Lipinski definition) is 1. The van der Waals surface area contributed by atoms with Gasteiger partial charge in [0.05, 0.1) is 5.75 Å². The summed E-state index contributed by atoms with van der Waals surface area (Å²) in [5, 5.41) is 12.9. The van der Waals surface area contributed by atoms with Crippen molar-refractivity contribution in [3.8, 4) is 5.75 Å². The molecule has 6 nitrogen and oxygen atoms in total. The van der Waals surface area contributed by atoms with Gasteiger partial charge in [0.2, 0.25) is 5.91 Å². The lowest BCUT2D eigenvalue weighted by molar-refractivity contribution is -0.118. The zero-order valence-electron chi connectivity index (χ0n) is 18.2. The molecule has 1 N–H and O–H groups in total. The Morgan fingerprint density at radius 3 is 2.55 bits per heavy atom. The highest BCUT2D eigenvalue weighted by Crippen LogP contribution is 2.29. The van der Waals surface area contributed by atoms with E-state index < -0.39 is 0 Å². The number of carbonyl (C=O) groups excluding carboxylic acids is 1. The second-order valence-corrected chi connectivity index (χ2v) is 8.73. The van der Waals surface area contributed by atoms with Gasteiger partial charge in [-0.25, -0.2) is 0 Å². The molecule has 1 amide bonds. The Kier molecular flexibility index (Phi) is 7.98. The lowest BCUT2D eigenvalue weighted by Gasteiger charge is -2.16. The number of hydrogen-bond acceptors (Lipinski definition) is 5. The molecule has 0 aliphatic rings. The van der Waals surface area contributed by atoms with E-state index in [4.69, 9.17) is 16.3 Å². The van der Waals surface area contributed by atoms with Crippen molar-refractivity contribution in [2.75, 3.05) is 12.3 Å². The summed E-state index contributed by atoms with van der Waals surface area (Å²) in [6, 6.07) is 13.9. The number of ether oxygens (including phenoxy) is 1. The third-order valence-electron chi connectivity index (χ3n) is 4.87. The highest BCUT2D eigenvalue weighted by molar-refractivity contribution is 7.99. The van der Waals surface area contributed by atoms with E-state index in [0.29, 0.717) is 17.5 Å². The number of rotatable bonds is 9. The summed E-state index contributed by atoms with van der Waals surface area (Å²) in [5.74, 6) is 1.69.